The third-order valence-corrected chi connectivity index (χ3v) is 5.26. The Hall–Kier alpha value is -1.02. The molecular weight excluding hydrogens is 266 g/mol. The number of aromatic nitrogens is 1. The van der Waals surface area contributed by atoms with E-state index in [1.165, 1.54) is 10.5 Å². The van der Waals surface area contributed by atoms with Crippen LogP contribution in [0.25, 0.3) is 0 Å². The highest BCUT2D eigenvalue weighted by Crippen LogP contribution is 2.26. The van der Waals surface area contributed by atoms with Crippen LogP contribution in [0.5, 0.6) is 0 Å². The van der Waals surface area contributed by atoms with Gasteiger partial charge < -0.3 is 10.5 Å². The molecule has 2 rings (SSSR count). The third-order valence-electron chi connectivity index (χ3n) is 3.16. The zero-order valence-corrected chi connectivity index (χ0v) is 12.0. The van der Waals surface area contributed by atoms with E-state index in [1.54, 1.807) is 12.1 Å². The van der Waals surface area contributed by atoms with Gasteiger partial charge in [0.1, 0.15) is 4.90 Å². The first-order valence-corrected chi connectivity index (χ1v) is 7.57. The normalized spacial score (nSPS) is 20.4. The van der Waals surface area contributed by atoms with Crippen LogP contribution >= 0.6 is 0 Å². The Morgan fingerprint density at radius 1 is 1.47 bits per heavy atom. The molecule has 1 aliphatic heterocycles. The number of morpholine rings is 1. The van der Waals surface area contributed by atoms with Crippen LogP contribution in [0.2, 0.25) is 0 Å². The highest BCUT2D eigenvalue weighted by Gasteiger charge is 2.39. The number of ether oxygens (including phenoxy) is 1. The Morgan fingerprint density at radius 3 is 2.74 bits per heavy atom. The van der Waals surface area contributed by atoms with Crippen molar-refractivity contribution in [2.45, 2.75) is 30.8 Å². The summed E-state index contributed by atoms with van der Waals surface area (Å²) in [6.07, 6.45) is 1.36. The third kappa shape index (κ3) is 2.79. The topological polar surface area (TPSA) is 85.5 Å². The zero-order valence-electron chi connectivity index (χ0n) is 11.2. The van der Waals surface area contributed by atoms with E-state index in [0.717, 1.165) is 0 Å². The molecule has 0 amide bonds. The van der Waals surface area contributed by atoms with Crippen LogP contribution in [0, 0.1) is 0 Å². The molecule has 0 bridgehead atoms. The molecule has 0 radical (unpaired) electrons. The summed E-state index contributed by atoms with van der Waals surface area (Å²) in [5.41, 5.74) is 5.57. The van der Waals surface area contributed by atoms with Crippen LogP contribution in [-0.2, 0) is 21.3 Å². The summed E-state index contributed by atoms with van der Waals surface area (Å²) < 4.78 is 32.0. The summed E-state index contributed by atoms with van der Waals surface area (Å²) in [6, 6.07) is 3.19. The molecule has 0 atom stereocenters. The van der Waals surface area contributed by atoms with Crippen molar-refractivity contribution in [1.82, 2.24) is 9.29 Å². The second-order valence-electron chi connectivity index (χ2n) is 5.13. The average Bonchev–Trinajstić information content (AvgIpc) is 2.38. The average molecular weight is 285 g/mol. The first kappa shape index (κ1) is 14.4. The highest BCUT2D eigenvalue weighted by molar-refractivity contribution is 7.89. The van der Waals surface area contributed by atoms with E-state index in [0.29, 0.717) is 32.0 Å². The molecule has 0 unspecified atom stereocenters. The fraction of sp³-hybridized carbons (Fsp3) is 0.583. The SMILES string of the molecule is CC1(C)COCCN1S(=O)(=O)c1ccc(CN)nc1. The Kier molecular flexibility index (Phi) is 3.91. The smallest absolute Gasteiger partial charge is 0.245 e. The summed E-state index contributed by atoms with van der Waals surface area (Å²) in [7, 11) is -3.54. The van der Waals surface area contributed by atoms with Gasteiger partial charge in [0.25, 0.3) is 0 Å². The number of nitrogens with zero attached hydrogens (tertiary/aromatic N) is 2. The first-order chi connectivity index (χ1) is 8.88. The molecule has 6 nitrogen and oxygen atoms in total. The van der Waals surface area contributed by atoms with Gasteiger partial charge >= 0.3 is 0 Å². The second-order valence-corrected chi connectivity index (χ2v) is 6.99. The van der Waals surface area contributed by atoms with E-state index in [9.17, 15) is 8.42 Å². The fourth-order valence-corrected chi connectivity index (χ4v) is 3.80. The quantitative estimate of drug-likeness (QED) is 0.865. The molecule has 0 aromatic carbocycles. The van der Waals surface area contributed by atoms with Crippen molar-refractivity contribution in [2.24, 2.45) is 5.73 Å². The predicted octanol–water partition coefficient (Wildman–Crippen LogP) is 0.340. The maximum absolute atomic E-state index is 12.6. The Labute approximate surface area is 113 Å². The van der Waals surface area contributed by atoms with Gasteiger partial charge in [0.15, 0.2) is 0 Å². The molecule has 1 aromatic heterocycles. The van der Waals surface area contributed by atoms with Gasteiger partial charge in [-0.2, -0.15) is 4.31 Å². The molecular formula is C12H19N3O3S. The van der Waals surface area contributed by atoms with Crippen molar-refractivity contribution in [3.63, 3.8) is 0 Å². The number of rotatable bonds is 3. The molecule has 0 saturated carbocycles. The van der Waals surface area contributed by atoms with Gasteiger partial charge in [-0.3, -0.25) is 4.98 Å². The standard InChI is InChI=1S/C12H19N3O3S/c1-12(2)9-18-6-5-15(12)19(16,17)11-4-3-10(7-13)14-8-11/h3-4,8H,5-7,9,13H2,1-2H3. The first-order valence-electron chi connectivity index (χ1n) is 6.13. The van der Waals surface area contributed by atoms with Gasteiger partial charge in [0.05, 0.1) is 24.4 Å². The molecule has 1 saturated heterocycles. The van der Waals surface area contributed by atoms with Gasteiger partial charge in [0.2, 0.25) is 10.0 Å². The molecule has 2 heterocycles. The maximum atomic E-state index is 12.6. The molecule has 19 heavy (non-hydrogen) atoms. The molecule has 1 fully saturated rings. The summed E-state index contributed by atoms with van der Waals surface area (Å²) in [6.45, 7) is 5.16. The highest BCUT2D eigenvalue weighted by atomic mass is 32.2. The maximum Gasteiger partial charge on any atom is 0.245 e. The number of pyridine rings is 1. The summed E-state index contributed by atoms with van der Waals surface area (Å²) in [5.74, 6) is 0. The van der Waals surface area contributed by atoms with Crippen molar-refractivity contribution in [1.29, 1.82) is 0 Å². The molecule has 106 valence electrons. The zero-order chi connectivity index (χ0) is 14.1. The molecule has 0 spiro atoms. The van der Waals surface area contributed by atoms with E-state index in [2.05, 4.69) is 4.98 Å². The van der Waals surface area contributed by atoms with Gasteiger partial charge in [-0.15, -0.1) is 0 Å². The Bertz CT molecular complexity index is 540. The lowest BCUT2D eigenvalue weighted by Gasteiger charge is -2.40. The largest absolute Gasteiger partial charge is 0.378 e. The lowest BCUT2D eigenvalue weighted by Crippen LogP contribution is -2.55. The van der Waals surface area contributed by atoms with Crippen LogP contribution in [0.15, 0.2) is 23.2 Å². The predicted molar refractivity (Wildman–Crippen MR) is 70.9 cm³/mol. The molecule has 7 heteroatoms. The van der Waals surface area contributed by atoms with Crippen LogP contribution in [0.1, 0.15) is 19.5 Å². The monoisotopic (exact) mass is 285 g/mol. The lowest BCUT2D eigenvalue weighted by atomic mass is 10.1. The van der Waals surface area contributed by atoms with Gasteiger partial charge in [-0.25, -0.2) is 8.42 Å². The van der Waals surface area contributed by atoms with Crippen molar-refractivity contribution in [3.05, 3.63) is 24.0 Å². The minimum atomic E-state index is -3.54. The van der Waals surface area contributed by atoms with E-state index in [4.69, 9.17) is 10.5 Å². The minimum Gasteiger partial charge on any atom is -0.378 e. The second kappa shape index (κ2) is 5.16. The number of hydrogen-bond donors (Lipinski definition) is 1. The van der Waals surface area contributed by atoms with Crippen molar-refractivity contribution in [3.8, 4) is 0 Å². The molecule has 1 aromatic rings. The fourth-order valence-electron chi connectivity index (χ4n) is 2.10. The Balaban J connectivity index is 2.35. The van der Waals surface area contributed by atoms with Crippen LogP contribution in [0.4, 0.5) is 0 Å². The summed E-state index contributed by atoms with van der Waals surface area (Å²) in [5, 5.41) is 0. The van der Waals surface area contributed by atoms with E-state index >= 15 is 0 Å². The van der Waals surface area contributed by atoms with Crippen molar-refractivity contribution >= 4 is 10.0 Å². The van der Waals surface area contributed by atoms with E-state index in [-0.39, 0.29) is 4.90 Å². The van der Waals surface area contributed by atoms with Crippen LogP contribution in [-0.4, -0.2) is 43.0 Å². The molecule has 0 aliphatic carbocycles. The lowest BCUT2D eigenvalue weighted by molar-refractivity contribution is -0.00771. The van der Waals surface area contributed by atoms with Gasteiger partial charge in [-0.05, 0) is 26.0 Å². The Morgan fingerprint density at radius 2 is 2.21 bits per heavy atom. The van der Waals surface area contributed by atoms with Crippen molar-refractivity contribution < 1.29 is 13.2 Å². The molecule has 2 N–H and O–H groups in total. The van der Waals surface area contributed by atoms with Gasteiger partial charge in [0, 0.05) is 19.3 Å². The van der Waals surface area contributed by atoms with E-state index in [1.807, 2.05) is 13.8 Å². The van der Waals surface area contributed by atoms with Crippen LogP contribution < -0.4 is 5.73 Å². The van der Waals surface area contributed by atoms with Gasteiger partial charge in [-0.1, -0.05) is 0 Å². The summed E-state index contributed by atoms with van der Waals surface area (Å²) in [4.78, 5) is 4.24. The number of hydrogen-bond acceptors (Lipinski definition) is 5. The number of sulfonamides is 1. The minimum absolute atomic E-state index is 0.194. The number of nitrogens with two attached hydrogens (primary N) is 1. The van der Waals surface area contributed by atoms with E-state index < -0.39 is 15.6 Å². The molecule has 1 aliphatic rings. The van der Waals surface area contributed by atoms with Crippen LogP contribution in [0.3, 0.4) is 0 Å². The summed E-state index contributed by atoms with van der Waals surface area (Å²) >= 11 is 0. The van der Waals surface area contributed by atoms with Crippen molar-refractivity contribution in [2.75, 3.05) is 19.8 Å².